The molecule has 12 heavy (non-hydrogen) atoms. The minimum atomic E-state index is -1.04. The molecule has 2 heterocycles. The number of aromatic nitrogens is 2. The minimum absolute atomic E-state index is 0.343. The Balaban J connectivity index is 2.07. The average molecular weight is 185 g/mol. The van der Waals surface area contributed by atoms with Crippen LogP contribution in [0, 0.1) is 6.88 Å². The van der Waals surface area contributed by atoms with Crippen molar-refractivity contribution in [3.63, 3.8) is 0 Å². The lowest BCUT2D eigenvalue weighted by Gasteiger charge is -2.19. The molecule has 0 saturated carbocycles. The molecule has 1 fully saturated rings. The van der Waals surface area contributed by atoms with E-state index in [-0.39, 0.29) is 0 Å². The van der Waals surface area contributed by atoms with Crippen LogP contribution in [0.4, 0.5) is 0 Å². The summed E-state index contributed by atoms with van der Waals surface area (Å²) in [5.41, 5.74) is 0. The molecule has 4 heteroatoms. The van der Waals surface area contributed by atoms with Crippen molar-refractivity contribution in [1.29, 1.82) is 0 Å². The first-order chi connectivity index (χ1) is 6.77. The van der Waals surface area contributed by atoms with Crippen molar-refractivity contribution in [3.05, 3.63) is 10.8 Å². The van der Waals surface area contributed by atoms with Gasteiger partial charge in [0.05, 0.1) is 0 Å². The van der Waals surface area contributed by atoms with E-state index in [2.05, 4.69) is 14.7 Å². The molecule has 1 aliphatic rings. The number of rotatable bonds is 1. The molecule has 0 bridgehead atoms. The van der Waals surface area contributed by atoms with Crippen molar-refractivity contribution >= 4 is 11.5 Å². The van der Waals surface area contributed by atoms with E-state index in [9.17, 15) is 0 Å². The highest BCUT2D eigenvalue weighted by Crippen LogP contribution is 2.23. The van der Waals surface area contributed by atoms with Gasteiger partial charge in [-0.15, -0.1) is 0 Å². The van der Waals surface area contributed by atoms with E-state index in [1.807, 2.05) is 0 Å². The van der Waals surface area contributed by atoms with Crippen LogP contribution >= 0.6 is 11.5 Å². The summed E-state index contributed by atoms with van der Waals surface area (Å²) < 4.78 is 18.4. The number of piperidine rings is 1. The second-order valence-corrected chi connectivity index (χ2v) is 3.82. The third-order valence-electron chi connectivity index (χ3n) is 2.10. The molecule has 0 amide bonds. The molecular formula is C8H13N3S. The number of hydrogen-bond acceptors (Lipinski definition) is 4. The highest BCUT2D eigenvalue weighted by molar-refractivity contribution is 7.05. The Kier molecular flexibility index (Phi) is 1.76. The Morgan fingerprint density at radius 2 is 2.75 bits per heavy atom. The molecule has 2 rings (SSSR count). The lowest BCUT2D eigenvalue weighted by molar-refractivity contribution is 0.460. The molecule has 1 aliphatic heterocycles. The smallest absolute Gasteiger partial charge is 0.139 e. The van der Waals surface area contributed by atoms with Gasteiger partial charge >= 0.3 is 0 Å². The molecule has 1 aromatic heterocycles. The average Bonchev–Trinajstić information content (AvgIpc) is 2.68. The van der Waals surface area contributed by atoms with Gasteiger partial charge in [0.2, 0.25) is 0 Å². The Bertz CT molecular complexity index is 297. The van der Waals surface area contributed by atoms with E-state index in [1.165, 1.54) is 18.0 Å². The zero-order chi connectivity index (χ0) is 9.97. The second-order valence-electron chi connectivity index (χ2n) is 3.03. The predicted octanol–water partition coefficient (Wildman–Crippen LogP) is 1.31. The number of nitrogens with zero attached hydrogens (tertiary/aromatic N) is 2. The fourth-order valence-corrected chi connectivity index (χ4v) is 2.19. The van der Waals surface area contributed by atoms with Crippen molar-refractivity contribution in [3.8, 4) is 0 Å². The summed E-state index contributed by atoms with van der Waals surface area (Å²) in [6.45, 7) is 0.994. The molecule has 0 aromatic carbocycles. The van der Waals surface area contributed by atoms with E-state index in [4.69, 9.17) is 2.74 Å². The maximum atomic E-state index is 7.18. The van der Waals surface area contributed by atoms with E-state index >= 15 is 0 Å². The van der Waals surface area contributed by atoms with Crippen molar-refractivity contribution < 1.29 is 2.74 Å². The fourth-order valence-electron chi connectivity index (χ4n) is 1.48. The van der Waals surface area contributed by atoms with Crippen molar-refractivity contribution in [2.24, 2.45) is 0 Å². The molecule has 0 radical (unpaired) electrons. The first-order valence-electron chi connectivity index (χ1n) is 5.31. The topological polar surface area (TPSA) is 37.8 Å². The van der Waals surface area contributed by atoms with Crippen molar-refractivity contribution in [2.75, 3.05) is 13.1 Å². The van der Waals surface area contributed by atoms with Gasteiger partial charge < -0.3 is 5.32 Å². The van der Waals surface area contributed by atoms with Crippen LogP contribution in [-0.4, -0.2) is 22.4 Å². The number of aryl methyl sites for hydroxylation is 1. The SMILES string of the molecule is [2H]C([2H])c1nsc([C@@H]2CCCNC2)n1. The van der Waals surface area contributed by atoms with Gasteiger partial charge in [-0.2, -0.15) is 4.37 Å². The Morgan fingerprint density at radius 1 is 1.75 bits per heavy atom. The summed E-state index contributed by atoms with van der Waals surface area (Å²) >= 11 is 1.34. The molecule has 0 aliphatic carbocycles. The van der Waals surface area contributed by atoms with Crippen LogP contribution < -0.4 is 5.32 Å². The zero-order valence-corrected chi connectivity index (χ0v) is 7.60. The summed E-state index contributed by atoms with van der Waals surface area (Å²) in [5, 5.41) is 4.30. The second kappa shape index (κ2) is 3.49. The molecule has 1 atom stereocenters. The Hall–Kier alpha value is -0.480. The van der Waals surface area contributed by atoms with E-state index in [1.54, 1.807) is 0 Å². The van der Waals surface area contributed by atoms with Gasteiger partial charge in [-0.1, -0.05) is 0 Å². The van der Waals surface area contributed by atoms with Gasteiger partial charge in [-0.25, -0.2) is 4.98 Å². The standard InChI is InChI=1S/C8H13N3S/c1-6-10-8(12-11-6)7-3-2-4-9-5-7/h7,9H,2-5H2,1H3/t7-/m1/s1/i1D2. The highest BCUT2D eigenvalue weighted by Gasteiger charge is 2.18. The molecule has 0 spiro atoms. The van der Waals surface area contributed by atoms with Crippen LogP contribution in [0.15, 0.2) is 0 Å². The number of nitrogens with one attached hydrogen (secondary N) is 1. The third-order valence-corrected chi connectivity index (χ3v) is 2.99. The minimum Gasteiger partial charge on any atom is -0.316 e. The summed E-state index contributed by atoms with van der Waals surface area (Å²) in [6, 6.07) is 0. The van der Waals surface area contributed by atoms with E-state index < -0.39 is 6.88 Å². The van der Waals surface area contributed by atoms with Crippen molar-refractivity contribution in [2.45, 2.75) is 25.6 Å². The van der Waals surface area contributed by atoms with Crippen LogP contribution in [0.5, 0.6) is 0 Å². The lowest BCUT2D eigenvalue weighted by Crippen LogP contribution is -2.28. The van der Waals surface area contributed by atoms with Crippen LogP contribution in [0.3, 0.4) is 0 Å². The summed E-state index contributed by atoms with van der Waals surface area (Å²) in [6.07, 6.45) is 2.31. The third kappa shape index (κ3) is 1.64. The molecular weight excluding hydrogens is 170 g/mol. The molecule has 1 N–H and O–H groups in total. The van der Waals surface area contributed by atoms with Gasteiger partial charge in [-0.05, 0) is 37.8 Å². The van der Waals surface area contributed by atoms with Crippen LogP contribution in [-0.2, 0) is 0 Å². The maximum absolute atomic E-state index is 7.18. The molecule has 1 aromatic rings. The van der Waals surface area contributed by atoms with Gasteiger partial charge in [-0.3, -0.25) is 0 Å². The quantitative estimate of drug-likeness (QED) is 0.717. The van der Waals surface area contributed by atoms with Crippen LogP contribution in [0.1, 0.15) is 32.3 Å². The zero-order valence-electron chi connectivity index (χ0n) is 8.79. The van der Waals surface area contributed by atoms with Gasteiger partial charge in [0, 0.05) is 15.2 Å². The largest absolute Gasteiger partial charge is 0.316 e. The maximum Gasteiger partial charge on any atom is 0.139 e. The number of hydrogen-bond donors (Lipinski definition) is 1. The molecule has 1 saturated heterocycles. The van der Waals surface area contributed by atoms with Gasteiger partial charge in [0.15, 0.2) is 0 Å². The predicted molar refractivity (Wildman–Crippen MR) is 49.5 cm³/mol. The molecule has 0 unspecified atom stereocenters. The van der Waals surface area contributed by atoms with Gasteiger partial charge in [0.25, 0.3) is 0 Å². The monoisotopic (exact) mass is 185 g/mol. The van der Waals surface area contributed by atoms with E-state index in [0.29, 0.717) is 11.7 Å². The Morgan fingerprint density at radius 3 is 3.42 bits per heavy atom. The summed E-state index contributed by atoms with van der Waals surface area (Å²) in [5.74, 6) is 0.782. The fraction of sp³-hybridized carbons (Fsp3) is 0.750. The normalized spacial score (nSPS) is 26.9. The summed E-state index contributed by atoms with van der Waals surface area (Å²) in [7, 11) is 0. The summed E-state index contributed by atoms with van der Waals surface area (Å²) in [4.78, 5) is 4.23. The molecule has 66 valence electrons. The van der Waals surface area contributed by atoms with Gasteiger partial charge in [0.1, 0.15) is 10.8 Å². The highest BCUT2D eigenvalue weighted by atomic mass is 32.1. The van der Waals surface area contributed by atoms with Crippen LogP contribution in [0.2, 0.25) is 0 Å². The first-order valence-corrected chi connectivity index (χ1v) is 4.93. The lowest BCUT2D eigenvalue weighted by atomic mass is 10.0. The molecule has 3 nitrogen and oxygen atoms in total. The first kappa shape index (κ1) is 6.05. The van der Waals surface area contributed by atoms with Crippen LogP contribution in [0.25, 0.3) is 0 Å². The Labute approximate surface area is 79.2 Å². The van der Waals surface area contributed by atoms with Crippen molar-refractivity contribution in [1.82, 2.24) is 14.7 Å². The van der Waals surface area contributed by atoms with E-state index in [0.717, 1.165) is 24.5 Å².